The zero-order valence-electron chi connectivity index (χ0n) is 11.0. The summed E-state index contributed by atoms with van der Waals surface area (Å²) in [5.41, 5.74) is -0.993. The summed E-state index contributed by atoms with van der Waals surface area (Å²) >= 11 is 7.22. The van der Waals surface area contributed by atoms with Crippen molar-refractivity contribution < 1.29 is 14.7 Å². The quantitative estimate of drug-likeness (QED) is 0.782. The number of thiophene rings is 1. The lowest BCUT2D eigenvalue weighted by atomic mass is 9.94. The van der Waals surface area contributed by atoms with E-state index < -0.39 is 17.4 Å². The third kappa shape index (κ3) is 4.72. The molecule has 1 atom stereocenters. The van der Waals surface area contributed by atoms with Gasteiger partial charge < -0.3 is 15.7 Å². The minimum Gasteiger partial charge on any atom is -0.481 e. The smallest absolute Gasteiger partial charge is 0.315 e. The number of rotatable bonds is 5. The van der Waals surface area contributed by atoms with Crippen LogP contribution in [0, 0.1) is 5.41 Å². The molecule has 0 radical (unpaired) electrons. The predicted octanol–water partition coefficient (Wildman–Crippen LogP) is 2.87. The second kappa shape index (κ2) is 6.25. The van der Waals surface area contributed by atoms with Crippen molar-refractivity contribution in [1.29, 1.82) is 0 Å². The van der Waals surface area contributed by atoms with Gasteiger partial charge in [0.2, 0.25) is 0 Å². The maximum atomic E-state index is 11.7. The molecule has 1 unspecified atom stereocenters. The number of carboxylic acids is 1. The molecule has 7 heteroatoms. The van der Waals surface area contributed by atoms with Gasteiger partial charge in [0.05, 0.1) is 15.8 Å². The molecule has 1 aromatic rings. The van der Waals surface area contributed by atoms with Gasteiger partial charge in [-0.2, -0.15) is 0 Å². The Kier molecular flexibility index (Phi) is 5.20. The van der Waals surface area contributed by atoms with E-state index in [-0.39, 0.29) is 12.6 Å². The Hall–Kier alpha value is -1.27. The van der Waals surface area contributed by atoms with Gasteiger partial charge in [-0.15, -0.1) is 11.3 Å². The van der Waals surface area contributed by atoms with Gasteiger partial charge in [0.15, 0.2) is 0 Å². The van der Waals surface area contributed by atoms with Gasteiger partial charge in [-0.25, -0.2) is 4.79 Å². The van der Waals surface area contributed by atoms with Crippen molar-refractivity contribution in [3.05, 3.63) is 21.3 Å². The molecule has 1 heterocycles. The van der Waals surface area contributed by atoms with Gasteiger partial charge in [-0.05, 0) is 32.9 Å². The Morgan fingerprint density at radius 1 is 1.47 bits per heavy atom. The lowest BCUT2D eigenvalue weighted by Crippen LogP contribution is -2.44. The number of halogens is 1. The predicted molar refractivity (Wildman–Crippen MR) is 75.7 cm³/mol. The number of carboxylic acid groups (broad SMARTS) is 1. The highest BCUT2D eigenvalue weighted by Crippen LogP contribution is 2.26. The fourth-order valence-electron chi connectivity index (χ4n) is 1.26. The van der Waals surface area contributed by atoms with E-state index in [1.54, 1.807) is 19.9 Å². The molecule has 0 spiro atoms. The topological polar surface area (TPSA) is 78.4 Å². The summed E-state index contributed by atoms with van der Waals surface area (Å²) in [6, 6.07) is 3.04. The molecule has 2 amide bonds. The maximum absolute atomic E-state index is 11.7. The van der Waals surface area contributed by atoms with Gasteiger partial charge in [0.25, 0.3) is 0 Å². The number of urea groups is 1. The van der Waals surface area contributed by atoms with Gasteiger partial charge >= 0.3 is 12.0 Å². The summed E-state index contributed by atoms with van der Waals surface area (Å²) in [5, 5.41) is 14.2. The fourth-order valence-corrected chi connectivity index (χ4v) is 2.32. The standard InChI is InChI=1S/C12H17ClN2O3S/c1-7(8-4-5-9(13)19-8)15-11(18)14-6-12(2,3)10(16)17/h4-5,7H,6H2,1-3H3,(H,16,17)(H2,14,15,18). The SMILES string of the molecule is CC(NC(=O)NCC(C)(C)C(=O)O)c1ccc(Cl)s1. The van der Waals surface area contributed by atoms with Crippen LogP contribution in [0.5, 0.6) is 0 Å². The Labute approximate surface area is 121 Å². The molecule has 0 bridgehead atoms. The number of hydrogen-bond donors (Lipinski definition) is 3. The number of hydrogen-bond acceptors (Lipinski definition) is 3. The molecule has 0 saturated carbocycles. The molecule has 1 rings (SSSR count). The van der Waals surface area contributed by atoms with Gasteiger partial charge in [0, 0.05) is 11.4 Å². The number of nitrogens with one attached hydrogen (secondary N) is 2. The largest absolute Gasteiger partial charge is 0.481 e. The third-order valence-corrected chi connectivity index (χ3v) is 4.05. The van der Waals surface area contributed by atoms with Crippen molar-refractivity contribution in [2.45, 2.75) is 26.8 Å². The Morgan fingerprint density at radius 3 is 2.58 bits per heavy atom. The van der Waals surface area contributed by atoms with E-state index in [2.05, 4.69) is 10.6 Å². The molecule has 19 heavy (non-hydrogen) atoms. The van der Waals surface area contributed by atoms with Crippen LogP contribution in [-0.2, 0) is 4.79 Å². The number of aliphatic carboxylic acids is 1. The van der Waals surface area contributed by atoms with Gasteiger partial charge in [-0.3, -0.25) is 4.79 Å². The van der Waals surface area contributed by atoms with E-state index in [4.69, 9.17) is 16.7 Å². The van der Waals surface area contributed by atoms with Crippen molar-refractivity contribution in [3.63, 3.8) is 0 Å². The summed E-state index contributed by atoms with van der Waals surface area (Å²) in [6.45, 7) is 5.01. The average molecular weight is 305 g/mol. The lowest BCUT2D eigenvalue weighted by molar-refractivity contribution is -0.146. The molecule has 0 aliphatic rings. The van der Waals surface area contributed by atoms with E-state index in [9.17, 15) is 9.59 Å². The molecule has 0 fully saturated rings. The van der Waals surface area contributed by atoms with Crippen LogP contribution in [0.1, 0.15) is 31.7 Å². The first kappa shape index (κ1) is 15.8. The first-order chi connectivity index (χ1) is 8.72. The van der Waals surface area contributed by atoms with Crippen LogP contribution in [0.25, 0.3) is 0 Å². The highest BCUT2D eigenvalue weighted by molar-refractivity contribution is 7.16. The van der Waals surface area contributed by atoms with Crippen molar-refractivity contribution in [2.24, 2.45) is 5.41 Å². The Bertz CT molecular complexity index is 473. The highest BCUT2D eigenvalue weighted by atomic mass is 35.5. The number of carbonyl (C=O) groups excluding carboxylic acids is 1. The van der Waals surface area contributed by atoms with Crippen LogP contribution >= 0.6 is 22.9 Å². The van der Waals surface area contributed by atoms with Crippen LogP contribution in [0.2, 0.25) is 4.34 Å². The zero-order chi connectivity index (χ0) is 14.6. The van der Waals surface area contributed by atoms with Gasteiger partial charge in [0.1, 0.15) is 0 Å². The molecule has 1 aromatic heterocycles. The molecule has 0 aromatic carbocycles. The summed E-state index contributed by atoms with van der Waals surface area (Å²) < 4.78 is 0.663. The molecule has 106 valence electrons. The average Bonchev–Trinajstić information content (AvgIpc) is 2.73. The molecule has 0 aliphatic heterocycles. The normalized spacial score (nSPS) is 12.8. The Morgan fingerprint density at radius 2 is 2.11 bits per heavy atom. The third-order valence-electron chi connectivity index (χ3n) is 2.64. The van der Waals surface area contributed by atoms with Crippen molar-refractivity contribution in [2.75, 3.05) is 6.54 Å². The molecule has 0 aliphatic carbocycles. The molecular weight excluding hydrogens is 288 g/mol. The monoisotopic (exact) mass is 304 g/mol. The van der Waals surface area contributed by atoms with Gasteiger partial charge in [-0.1, -0.05) is 11.6 Å². The minimum atomic E-state index is -0.993. The summed E-state index contributed by atoms with van der Waals surface area (Å²) in [4.78, 5) is 23.5. The van der Waals surface area contributed by atoms with Crippen molar-refractivity contribution in [1.82, 2.24) is 10.6 Å². The Balaban J connectivity index is 2.46. The lowest BCUT2D eigenvalue weighted by Gasteiger charge is -2.20. The summed E-state index contributed by atoms with van der Waals surface area (Å²) in [6.07, 6.45) is 0. The van der Waals surface area contributed by atoms with Crippen LogP contribution in [-0.4, -0.2) is 23.7 Å². The highest BCUT2D eigenvalue weighted by Gasteiger charge is 2.27. The van der Waals surface area contributed by atoms with E-state index in [1.807, 2.05) is 13.0 Å². The maximum Gasteiger partial charge on any atom is 0.315 e. The van der Waals surface area contributed by atoms with Crippen LogP contribution in [0.4, 0.5) is 4.79 Å². The first-order valence-electron chi connectivity index (χ1n) is 5.75. The summed E-state index contributed by atoms with van der Waals surface area (Å²) in [7, 11) is 0. The van der Waals surface area contributed by atoms with Crippen molar-refractivity contribution >= 4 is 34.9 Å². The molecule has 3 N–H and O–H groups in total. The molecule has 5 nitrogen and oxygen atoms in total. The molecular formula is C12H17ClN2O3S. The van der Waals surface area contributed by atoms with E-state index in [0.29, 0.717) is 4.34 Å². The zero-order valence-corrected chi connectivity index (χ0v) is 12.6. The second-order valence-electron chi connectivity index (χ2n) is 4.88. The first-order valence-corrected chi connectivity index (χ1v) is 6.95. The second-order valence-corrected chi connectivity index (χ2v) is 6.63. The van der Waals surface area contributed by atoms with Crippen LogP contribution in [0.3, 0.4) is 0 Å². The van der Waals surface area contributed by atoms with E-state index >= 15 is 0 Å². The molecule has 0 saturated heterocycles. The number of amides is 2. The van der Waals surface area contributed by atoms with E-state index in [0.717, 1.165) is 4.88 Å². The van der Waals surface area contributed by atoms with Crippen LogP contribution in [0.15, 0.2) is 12.1 Å². The van der Waals surface area contributed by atoms with Crippen molar-refractivity contribution in [3.8, 4) is 0 Å². The summed E-state index contributed by atoms with van der Waals surface area (Å²) in [5.74, 6) is -0.953. The van der Waals surface area contributed by atoms with Crippen LogP contribution < -0.4 is 10.6 Å². The minimum absolute atomic E-state index is 0.0616. The number of carbonyl (C=O) groups is 2. The van der Waals surface area contributed by atoms with E-state index in [1.165, 1.54) is 11.3 Å². The fraction of sp³-hybridized carbons (Fsp3) is 0.500.